The van der Waals surface area contributed by atoms with Crippen LogP contribution >= 0.6 is 0 Å². The van der Waals surface area contributed by atoms with Gasteiger partial charge in [-0.1, -0.05) is 388 Å². The van der Waals surface area contributed by atoms with Crippen molar-refractivity contribution in [1.82, 2.24) is 0 Å². The van der Waals surface area contributed by atoms with E-state index in [4.69, 9.17) is 0 Å². The highest BCUT2D eigenvalue weighted by Crippen LogP contribution is 2.61. The summed E-state index contributed by atoms with van der Waals surface area (Å²) in [6.07, 6.45) is 1.82. The van der Waals surface area contributed by atoms with Gasteiger partial charge in [0.25, 0.3) is 0 Å². The molecule has 0 heteroatoms. The van der Waals surface area contributed by atoms with Crippen molar-refractivity contribution in [3.63, 3.8) is 0 Å². The van der Waals surface area contributed by atoms with Gasteiger partial charge in [0.05, 0.1) is 0 Å². The normalized spacial score (nSPS) is 18.0. The predicted octanol–water partition coefficient (Wildman–Crippen LogP) is 26.9. The Balaban J connectivity index is 0.645. The van der Waals surface area contributed by atoms with Crippen LogP contribution in [0, 0.1) is 0 Å². The second-order valence-electron chi connectivity index (χ2n) is 32.4. The molecule has 0 saturated carbocycles. The first-order valence-corrected chi connectivity index (χ1v) is 41.1. The van der Waals surface area contributed by atoms with Crippen molar-refractivity contribution in [2.45, 2.75) is 48.3 Å². The van der Waals surface area contributed by atoms with Crippen LogP contribution < -0.4 is 0 Å². The van der Waals surface area contributed by atoms with Crippen molar-refractivity contribution in [2.24, 2.45) is 0 Å². The van der Waals surface area contributed by atoms with Gasteiger partial charge in [0.2, 0.25) is 0 Å². The second-order valence-corrected chi connectivity index (χ2v) is 32.4. The topological polar surface area (TPSA) is 0 Å². The lowest BCUT2D eigenvalue weighted by atomic mass is 9.62. The summed E-state index contributed by atoms with van der Waals surface area (Å²) >= 11 is 0. The number of rotatable bonds is 3. The Morgan fingerprint density at radius 1 is 0.121 bits per heavy atom. The molecule has 16 aromatic rings. The van der Waals surface area contributed by atoms with E-state index in [2.05, 4.69) is 411 Å². The minimum atomic E-state index is -0.0487. The maximum absolute atomic E-state index is 4.40. The molecule has 16 aromatic carbocycles. The Labute approximate surface area is 677 Å². The SMILES string of the molecule is C(=C1c2ccccc2Cc2ccccc21)=C1c2ccccc2C(C2c3ccccc3C(=C=C3c4ccccc4C(C4c5ccccc5C(=C=C5c6ccccc6C(C6c7ccccc7C(=C=C7c8ccccc8Cc8ccccc87)c7ccccc76)c6ccccc65)c5ccccc54)c4ccccc43)c3ccccc32)c2ccccc21. The zero-order valence-electron chi connectivity index (χ0n) is 63.8. The third-order valence-electron chi connectivity index (χ3n) is 26.7. The van der Waals surface area contributed by atoms with Crippen LogP contribution in [0.15, 0.2) is 411 Å². The third-order valence-corrected chi connectivity index (χ3v) is 26.7. The van der Waals surface area contributed by atoms with Crippen LogP contribution in [0.25, 0.3) is 44.6 Å². The highest BCUT2D eigenvalue weighted by atomic mass is 14.5. The highest BCUT2D eigenvalue weighted by Gasteiger charge is 2.45. The van der Waals surface area contributed by atoms with Crippen molar-refractivity contribution in [3.8, 4) is 0 Å². The summed E-state index contributed by atoms with van der Waals surface area (Å²) < 4.78 is 0. The number of benzene rings is 16. The standard InChI is InChI=1S/C116H74/c1-5-37-75-71(33-1)65-72-34-2-6-38-76(72)103(75)67-105-79-41-9-21-53-91(79)111(92-54-22-10-42-80(92)105)113-95-57-25-13-45-83(95)107(84-46-14-26-58-96(84)113)69-109-87-49-17-29-61-99(87)115(100-62-30-18-50-88(100)109)116-101-63-31-19-51-89(101)110(90-52-20-32-64-102(90)116)70-108-85-47-15-27-59-97(85)114(98-60-28-16-48-86(98)108)112-93-55-23-11-43-81(93)106(82-44-12-24-56-94(82)112)68-104-77-39-7-3-35-73(77)66-74-36-4-8-40-78(74)104/h1-64,111-116H,65-66H2. The molecule has 0 amide bonds. The highest BCUT2D eigenvalue weighted by molar-refractivity contribution is 6.01. The first kappa shape index (κ1) is 66.2. The summed E-state index contributed by atoms with van der Waals surface area (Å²) in [5, 5.41) is 0. The average Bonchev–Trinajstić information content (AvgIpc) is 0.729. The number of hydrogen-bond acceptors (Lipinski definition) is 0. The Morgan fingerprint density at radius 3 is 0.362 bits per heavy atom. The van der Waals surface area contributed by atoms with Gasteiger partial charge in [0.15, 0.2) is 0 Å². The fraction of sp³-hybridized carbons (Fsp3) is 0.0690. The maximum atomic E-state index is 4.40. The van der Waals surface area contributed by atoms with E-state index < -0.39 is 0 Å². The minimum Gasteiger partial charge on any atom is -0.102 e. The quantitative estimate of drug-likeness (QED) is 0.155. The molecule has 0 bridgehead atoms. The monoisotopic (exact) mass is 1470 g/mol. The Bertz CT molecular complexity index is 6420. The van der Waals surface area contributed by atoms with E-state index >= 15 is 0 Å². The molecule has 538 valence electrons. The first-order chi connectivity index (χ1) is 57.6. The van der Waals surface area contributed by atoms with Gasteiger partial charge in [0.1, 0.15) is 0 Å². The van der Waals surface area contributed by atoms with E-state index in [0.717, 1.165) is 57.4 Å². The average molecular weight is 1470 g/mol. The van der Waals surface area contributed by atoms with E-state index in [1.54, 1.807) is 0 Å². The summed E-state index contributed by atoms with van der Waals surface area (Å²) in [5.74, 6) is -0.128. The molecule has 0 saturated heterocycles. The van der Waals surface area contributed by atoms with Crippen molar-refractivity contribution in [1.29, 1.82) is 0 Å². The van der Waals surface area contributed by atoms with Gasteiger partial charge in [-0.05, 0) is 191 Å². The van der Waals surface area contributed by atoms with Crippen molar-refractivity contribution in [2.75, 3.05) is 0 Å². The van der Waals surface area contributed by atoms with Crippen LogP contribution in [-0.2, 0) is 12.8 Å². The van der Waals surface area contributed by atoms with Gasteiger partial charge in [-0.15, -0.1) is 22.9 Å². The van der Waals surface area contributed by atoms with Crippen molar-refractivity contribution < 1.29 is 0 Å². The smallest absolute Gasteiger partial charge is 0.0322 e. The van der Waals surface area contributed by atoms with Crippen LogP contribution in [0.5, 0.6) is 0 Å². The second kappa shape index (κ2) is 26.6. The molecule has 116 heavy (non-hydrogen) atoms. The molecule has 0 atom stereocenters. The van der Waals surface area contributed by atoms with E-state index in [-0.39, 0.29) is 35.5 Å². The van der Waals surface area contributed by atoms with Crippen LogP contribution in [0.2, 0.25) is 0 Å². The summed E-state index contributed by atoms with van der Waals surface area (Å²) in [5.41, 5.74) is 67.1. The van der Waals surface area contributed by atoms with Gasteiger partial charge in [-0.2, -0.15) is 0 Å². The third kappa shape index (κ3) is 10.1. The minimum absolute atomic E-state index is 0.00210. The molecule has 8 aliphatic carbocycles. The Hall–Kier alpha value is -14.4. The van der Waals surface area contributed by atoms with E-state index in [1.165, 1.54) is 178 Å². The zero-order valence-corrected chi connectivity index (χ0v) is 63.8. The summed E-state index contributed by atoms with van der Waals surface area (Å²) in [6.45, 7) is 0. The molecule has 0 nitrogen and oxygen atoms in total. The fourth-order valence-corrected chi connectivity index (χ4v) is 21.9. The van der Waals surface area contributed by atoms with Gasteiger partial charge in [-0.25, -0.2) is 0 Å². The molecule has 0 spiro atoms. The molecular formula is C116H74. The van der Waals surface area contributed by atoms with Gasteiger partial charge < -0.3 is 0 Å². The Kier molecular flexibility index (Phi) is 15.2. The summed E-state index contributed by atoms with van der Waals surface area (Å²) in [7, 11) is 0. The van der Waals surface area contributed by atoms with Crippen LogP contribution in [0.3, 0.4) is 0 Å². The largest absolute Gasteiger partial charge is 0.102 e. The molecule has 8 aliphatic rings. The summed E-state index contributed by atoms with van der Waals surface area (Å²) in [4.78, 5) is 0. The molecule has 0 N–H and O–H groups in total. The molecule has 0 aromatic heterocycles. The van der Waals surface area contributed by atoms with Crippen LogP contribution in [0.4, 0.5) is 0 Å². The summed E-state index contributed by atoms with van der Waals surface area (Å²) in [6, 6.07) is 147. The van der Waals surface area contributed by atoms with E-state index in [0.29, 0.717) is 0 Å². The molecule has 0 aliphatic heterocycles. The molecule has 0 heterocycles. The lowest BCUT2D eigenvalue weighted by Crippen LogP contribution is -2.25. The molecule has 0 fully saturated rings. The van der Waals surface area contributed by atoms with E-state index in [1.807, 2.05) is 0 Å². The lowest BCUT2D eigenvalue weighted by molar-refractivity contribution is 0.677. The molecule has 24 rings (SSSR count). The fourth-order valence-electron chi connectivity index (χ4n) is 21.9. The van der Waals surface area contributed by atoms with Crippen molar-refractivity contribution >= 4 is 44.6 Å². The van der Waals surface area contributed by atoms with Crippen molar-refractivity contribution in [3.05, 3.63) is 589 Å². The molecule has 0 radical (unpaired) electrons. The van der Waals surface area contributed by atoms with Gasteiger partial charge >= 0.3 is 0 Å². The lowest BCUT2D eigenvalue weighted by Gasteiger charge is -2.40. The molecular weight excluding hydrogens is 1390 g/mol. The first-order valence-electron chi connectivity index (χ1n) is 41.1. The van der Waals surface area contributed by atoms with E-state index in [9.17, 15) is 0 Å². The van der Waals surface area contributed by atoms with Gasteiger partial charge in [0, 0.05) is 80.1 Å². The van der Waals surface area contributed by atoms with Gasteiger partial charge in [-0.3, -0.25) is 0 Å². The molecule has 0 unspecified atom stereocenters. The zero-order chi connectivity index (χ0) is 76.1. The Morgan fingerprint density at radius 2 is 0.224 bits per heavy atom. The van der Waals surface area contributed by atoms with Crippen LogP contribution in [0.1, 0.15) is 214 Å². The predicted molar refractivity (Wildman–Crippen MR) is 474 cm³/mol. The number of fused-ring (bicyclic) bond motifs is 16. The maximum Gasteiger partial charge on any atom is 0.0322 e. The van der Waals surface area contributed by atoms with Crippen LogP contribution in [-0.4, -0.2) is 0 Å². The number of hydrogen-bond donors (Lipinski definition) is 0.